The lowest BCUT2D eigenvalue weighted by molar-refractivity contribution is -0.870. The lowest BCUT2D eigenvalue weighted by Crippen LogP contribution is -2.36. The summed E-state index contributed by atoms with van der Waals surface area (Å²) in [7, 11) is 7.16. The van der Waals surface area contributed by atoms with Gasteiger partial charge in [0.15, 0.2) is 6.10 Å². The minimum absolute atomic E-state index is 0.273. The number of aliphatic carboxylic acids is 2. The largest absolute Gasteiger partial charge is 0.481 e. The number of quaternary nitrogens is 1. The number of aliphatic hydroxyl groups is 3. The first-order valence-electron chi connectivity index (χ1n) is 5.94. The van der Waals surface area contributed by atoms with Crippen LogP contribution in [-0.4, -0.2) is 89.5 Å². The highest BCUT2D eigenvalue weighted by molar-refractivity contribution is 5.71. The maximum atomic E-state index is 9.68. The second-order valence-electron chi connectivity index (χ2n) is 4.52. The predicted molar refractivity (Wildman–Crippen MR) is 75.4 cm³/mol. The van der Waals surface area contributed by atoms with E-state index < -0.39 is 18.0 Å². The van der Waals surface area contributed by atoms with Crippen molar-refractivity contribution in [3.05, 3.63) is 0 Å². The fourth-order valence-electron chi connectivity index (χ4n) is 0.475. The van der Waals surface area contributed by atoms with Gasteiger partial charge in [-0.15, -0.1) is 0 Å². The van der Waals surface area contributed by atoms with Gasteiger partial charge in [-0.05, 0) is 6.42 Å². The van der Waals surface area contributed by atoms with Crippen molar-refractivity contribution in [2.24, 2.45) is 0 Å². The van der Waals surface area contributed by atoms with E-state index in [1.54, 1.807) is 6.92 Å². The van der Waals surface area contributed by atoms with Crippen molar-refractivity contribution in [1.29, 1.82) is 0 Å². The molecule has 20 heavy (non-hydrogen) atoms. The van der Waals surface area contributed by atoms with Gasteiger partial charge in [-0.1, -0.05) is 6.92 Å². The van der Waals surface area contributed by atoms with Crippen LogP contribution in [0.2, 0.25) is 0 Å². The van der Waals surface area contributed by atoms with Crippen LogP contribution in [0, 0.1) is 0 Å². The van der Waals surface area contributed by atoms with Crippen LogP contribution in [0.4, 0.5) is 0 Å². The summed E-state index contributed by atoms with van der Waals surface area (Å²) in [4.78, 5) is 18.7. The van der Waals surface area contributed by atoms with Crippen LogP contribution in [-0.2, 0) is 9.59 Å². The minimum atomic E-state index is -1.18. The molecule has 0 aliphatic carbocycles. The molecular weight excluding hydrogens is 270 g/mol. The standard InChI is InChI=1S/C5H14NO.C4H8O3.C2H4O2.CH4O/c1-6(2,3)4-5-7;1-2-3(5)4(6)7;1-2(3)4;1-2/h7H,4-5H2,1-3H3;3,5H,2H2,1H3,(H,6,7);1H3,(H,3,4);2H,1H3/q+1;;;. The Morgan fingerprint density at radius 3 is 1.40 bits per heavy atom. The van der Waals surface area contributed by atoms with Gasteiger partial charge in [-0.25, -0.2) is 4.79 Å². The van der Waals surface area contributed by atoms with E-state index in [2.05, 4.69) is 21.1 Å². The van der Waals surface area contributed by atoms with E-state index in [-0.39, 0.29) is 13.0 Å². The molecule has 8 nitrogen and oxygen atoms in total. The summed E-state index contributed by atoms with van der Waals surface area (Å²) in [6.45, 7) is 3.81. The Morgan fingerprint density at radius 1 is 1.10 bits per heavy atom. The van der Waals surface area contributed by atoms with Crippen molar-refractivity contribution >= 4 is 11.9 Å². The Bertz CT molecular complexity index is 222. The van der Waals surface area contributed by atoms with Gasteiger partial charge in [-0.3, -0.25) is 4.79 Å². The van der Waals surface area contributed by atoms with Crippen LogP contribution < -0.4 is 0 Å². The van der Waals surface area contributed by atoms with Crippen molar-refractivity contribution in [3.8, 4) is 0 Å². The van der Waals surface area contributed by atoms with Crippen LogP contribution >= 0.6 is 0 Å². The van der Waals surface area contributed by atoms with Gasteiger partial charge in [0.2, 0.25) is 0 Å². The van der Waals surface area contributed by atoms with Crippen LogP contribution in [0.1, 0.15) is 20.3 Å². The summed E-state index contributed by atoms with van der Waals surface area (Å²) in [5.41, 5.74) is 0. The minimum Gasteiger partial charge on any atom is -0.481 e. The van der Waals surface area contributed by atoms with E-state index in [4.69, 9.17) is 30.3 Å². The molecule has 0 aromatic carbocycles. The normalized spacial score (nSPS) is 10.4. The lowest BCUT2D eigenvalue weighted by atomic mass is 10.3. The number of hydrogen-bond donors (Lipinski definition) is 5. The molecule has 1 unspecified atom stereocenters. The highest BCUT2D eigenvalue weighted by atomic mass is 16.4. The maximum absolute atomic E-state index is 9.68. The predicted octanol–water partition coefficient (Wildman–Crippen LogP) is -0.774. The Balaban J connectivity index is -0.0000000933. The number of likely N-dealkylation sites (N-methyl/N-ethyl adjacent to an activating group) is 1. The molecule has 0 rings (SSSR count). The van der Waals surface area contributed by atoms with Crippen LogP contribution in [0.5, 0.6) is 0 Å². The molecule has 0 aliphatic rings. The molecule has 0 spiro atoms. The van der Waals surface area contributed by atoms with Gasteiger partial charge in [0.25, 0.3) is 5.97 Å². The third-order valence-electron chi connectivity index (χ3n) is 1.44. The molecule has 0 saturated heterocycles. The summed E-state index contributed by atoms with van der Waals surface area (Å²) < 4.78 is 0.844. The highest BCUT2D eigenvalue weighted by Gasteiger charge is 2.07. The molecule has 0 saturated carbocycles. The number of carbonyl (C=O) groups is 2. The van der Waals surface area contributed by atoms with E-state index >= 15 is 0 Å². The number of nitrogens with zero attached hydrogens (tertiary/aromatic N) is 1. The molecular formula is C12H30NO7+. The second kappa shape index (κ2) is 17.8. The van der Waals surface area contributed by atoms with Crippen molar-refractivity contribution in [3.63, 3.8) is 0 Å². The molecule has 8 heteroatoms. The summed E-state index contributed by atoms with van der Waals surface area (Å²) in [6, 6.07) is 0. The average Bonchev–Trinajstić information content (AvgIpc) is 2.29. The molecule has 0 aromatic rings. The molecule has 124 valence electrons. The molecule has 0 aromatic heterocycles. The molecule has 5 N–H and O–H groups in total. The van der Waals surface area contributed by atoms with E-state index in [1.165, 1.54) is 0 Å². The zero-order valence-corrected chi connectivity index (χ0v) is 13.2. The molecule has 0 heterocycles. The maximum Gasteiger partial charge on any atom is 0.332 e. The van der Waals surface area contributed by atoms with Crippen molar-refractivity contribution in [2.45, 2.75) is 26.4 Å². The molecule has 0 aliphatic heterocycles. The SMILES string of the molecule is CC(=O)O.CCC(O)C(=O)O.CO.C[N+](C)(C)CCO. The van der Waals surface area contributed by atoms with Crippen LogP contribution in [0.25, 0.3) is 0 Å². The third kappa shape index (κ3) is 54.2. The average molecular weight is 300 g/mol. The van der Waals surface area contributed by atoms with E-state index in [0.717, 1.165) is 25.1 Å². The van der Waals surface area contributed by atoms with E-state index in [9.17, 15) is 4.79 Å². The van der Waals surface area contributed by atoms with Gasteiger partial charge in [0.1, 0.15) is 6.54 Å². The Kier molecular flexibility index (Phi) is 24.2. The molecule has 0 fully saturated rings. The second-order valence-corrected chi connectivity index (χ2v) is 4.52. The highest BCUT2D eigenvalue weighted by Crippen LogP contribution is 1.86. The van der Waals surface area contributed by atoms with Crippen LogP contribution in [0.15, 0.2) is 0 Å². The van der Waals surface area contributed by atoms with E-state index in [1.807, 2.05) is 0 Å². The lowest BCUT2D eigenvalue weighted by Gasteiger charge is -2.21. The summed E-state index contributed by atoms with van der Waals surface area (Å²) in [5.74, 6) is -1.98. The third-order valence-corrected chi connectivity index (χ3v) is 1.44. The number of carboxylic acids is 2. The number of hydrogen-bond acceptors (Lipinski definition) is 5. The van der Waals surface area contributed by atoms with Crippen molar-refractivity contribution < 1.29 is 39.6 Å². The summed E-state index contributed by atoms with van der Waals surface area (Å²) in [6.07, 6.45) is -0.907. The first-order chi connectivity index (χ1) is 8.97. The summed E-state index contributed by atoms with van der Waals surface area (Å²) in [5, 5.41) is 39.1. The Morgan fingerprint density at radius 2 is 1.40 bits per heavy atom. The molecule has 0 radical (unpaired) electrons. The van der Waals surface area contributed by atoms with Gasteiger partial charge in [0.05, 0.1) is 27.7 Å². The van der Waals surface area contributed by atoms with Crippen molar-refractivity contribution in [1.82, 2.24) is 0 Å². The first-order valence-corrected chi connectivity index (χ1v) is 5.94. The fraction of sp³-hybridized carbons (Fsp3) is 0.833. The topological polar surface area (TPSA) is 135 Å². The zero-order chi connectivity index (χ0) is 17.4. The zero-order valence-electron chi connectivity index (χ0n) is 13.2. The summed E-state index contributed by atoms with van der Waals surface area (Å²) >= 11 is 0. The van der Waals surface area contributed by atoms with Crippen molar-refractivity contribution in [2.75, 3.05) is 41.4 Å². The molecule has 1 atom stereocenters. The quantitative estimate of drug-likeness (QED) is 0.430. The monoisotopic (exact) mass is 300 g/mol. The Hall–Kier alpha value is -1.22. The smallest absolute Gasteiger partial charge is 0.332 e. The van der Waals surface area contributed by atoms with Gasteiger partial charge in [0, 0.05) is 14.0 Å². The van der Waals surface area contributed by atoms with Crippen LogP contribution in [0.3, 0.4) is 0 Å². The van der Waals surface area contributed by atoms with Gasteiger partial charge >= 0.3 is 5.97 Å². The fourth-order valence-corrected chi connectivity index (χ4v) is 0.475. The number of carboxylic acid groups (broad SMARTS) is 2. The van der Waals surface area contributed by atoms with Gasteiger partial charge in [-0.2, -0.15) is 0 Å². The molecule has 0 amide bonds. The van der Waals surface area contributed by atoms with E-state index in [0.29, 0.717) is 0 Å². The number of aliphatic hydroxyl groups excluding tert-OH is 3. The molecule has 0 bridgehead atoms. The number of rotatable bonds is 4. The van der Waals surface area contributed by atoms with Gasteiger partial charge < -0.3 is 30.0 Å². The Labute approximate surface area is 120 Å². The first kappa shape index (κ1) is 27.2.